The van der Waals surface area contributed by atoms with Gasteiger partial charge in [0.25, 0.3) is 0 Å². The van der Waals surface area contributed by atoms with Gasteiger partial charge < -0.3 is 15.5 Å². The number of nitrogens with zero attached hydrogens (tertiary/aromatic N) is 2. The molecule has 7 heteroatoms. The molecule has 138 valence electrons. The van der Waals surface area contributed by atoms with E-state index in [0.29, 0.717) is 13.1 Å². The first-order chi connectivity index (χ1) is 12.0. The van der Waals surface area contributed by atoms with Crippen LogP contribution in [-0.4, -0.2) is 71.8 Å². The van der Waals surface area contributed by atoms with Gasteiger partial charge in [0.15, 0.2) is 0 Å². The molecule has 0 aromatic rings. The Labute approximate surface area is 148 Å². The number of nitrogens with one attached hydrogen (secondary N) is 2. The molecule has 4 fully saturated rings. The van der Waals surface area contributed by atoms with Crippen molar-refractivity contribution < 1.29 is 14.4 Å². The highest BCUT2D eigenvalue weighted by Gasteiger charge is 2.44. The number of hydrogen-bond acceptors (Lipinski definition) is 4. The van der Waals surface area contributed by atoms with Crippen LogP contribution in [-0.2, 0) is 14.4 Å². The molecule has 2 saturated carbocycles. The second-order valence-corrected chi connectivity index (χ2v) is 8.27. The number of carbonyl (C=O) groups is 3. The third kappa shape index (κ3) is 3.97. The van der Waals surface area contributed by atoms with E-state index in [4.69, 9.17) is 0 Å². The van der Waals surface area contributed by atoms with E-state index in [2.05, 4.69) is 15.5 Å². The van der Waals surface area contributed by atoms with Crippen LogP contribution < -0.4 is 10.6 Å². The molecule has 2 heterocycles. The summed E-state index contributed by atoms with van der Waals surface area (Å²) in [4.78, 5) is 40.9. The fourth-order valence-corrected chi connectivity index (χ4v) is 4.22. The maximum atomic E-state index is 13.1. The Kier molecular flexibility index (Phi) is 4.43. The molecule has 3 amide bonds. The van der Waals surface area contributed by atoms with Crippen molar-refractivity contribution in [2.24, 2.45) is 11.8 Å². The van der Waals surface area contributed by atoms with E-state index in [-0.39, 0.29) is 35.7 Å². The topological polar surface area (TPSA) is 81.8 Å². The van der Waals surface area contributed by atoms with Crippen molar-refractivity contribution in [3.63, 3.8) is 0 Å². The van der Waals surface area contributed by atoms with Crippen LogP contribution >= 0.6 is 0 Å². The van der Waals surface area contributed by atoms with Gasteiger partial charge in [-0.1, -0.05) is 0 Å². The molecule has 4 aliphatic rings. The molecule has 0 aromatic carbocycles. The molecule has 2 aliphatic heterocycles. The van der Waals surface area contributed by atoms with E-state index in [0.717, 1.165) is 38.3 Å². The predicted molar refractivity (Wildman–Crippen MR) is 91.5 cm³/mol. The second-order valence-electron chi connectivity index (χ2n) is 8.27. The lowest BCUT2D eigenvalue weighted by molar-refractivity contribution is -0.136. The van der Waals surface area contributed by atoms with Gasteiger partial charge in [-0.05, 0) is 38.0 Å². The zero-order valence-corrected chi connectivity index (χ0v) is 14.9. The first kappa shape index (κ1) is 16.8. The highest BCUT2D eigenvalue weighted by molar-refractivity contribution is 5.90. The predicted octanol–water partition coefficient (Wildman–Crippen LogP) is -0.288. The Morgan fingerprint density at radius 3 is 2.48 bits per heavy atom. The SMILES string of the molecule is CC(=O)N[C@H]1C[C@H]2CN(CC3CC3)C[C@H](NC(=O)C3CC3)C(=O)N2C1. The zero-order valence-electron chi connectivity index (χ0n) is 14.9. The summed E-state index contributed by atoms with van der Waals surface area (Å²) < 4.78 is 0. The van der Waals surface area contributed by atoms with E-state index in [1.54, 1.807) is 0 Å². The Balaban J connectivity index is 1.47. The minimum atomic E-state index is -0.451. The van der Waals surface area contributed by atoms with Crippen LogP contribution in [0.25, 0.3) is 0 Å². The summed E-state index contributed by atoms with van der Waals surface area (Å²) in [7, 11) is 0. The molecular formula is C18H28N4O3. The summed E-state index contributed by atoms with van der Waals surface area (Å²) in [6.45, 7) is 4.54. The number of rotatable bonds is 5. The van der Waals surface area contributed by atoms with Gasteiger partial charge >= 0.3 is 0 Å². The van der Waals surface area contributed by atoms with E-state index in [9.17, 15) is 14.4 Å². The minimum Gasteiger partial charge on any atom is -0.352 e. The molecule has 0 aromatic heterocycles. The zero-order chi connectivity index (χ0) is 17.6. The van der Waals surface area contributed by atoms with E-state index in [1.807, 2.05) is 4.90 Å². The van der Waals surface area contributed by atoms with Crippen molar-refractivity contribution in [1.82, 2.24) is 20.4 Å². The van der Waals surface area contributed by atoms with Gasteiger partial charge in [0.2, 0.25) is 17.7 Å². The van der Waals surface area contributed by atoms with Crippen LogP contribution in [0.3, 0.4) is 0 Å². The first-order valence-electron chi connectivity index (χ1n) is 9.60. The molecule has 0 unspecified atom stereocenters. The van der Waals surface area contributed by atoms with Crippen molar-refractivity contribution in [3.8, 4) is 0 Å². The Bertz CT molecular complexity index is 573. The van der Waals surface area contributed by atoms with Crippen molar-refractivity contribution in [2.45, 2.75) is 57.2 Å². The first-order valence-corrected chi connectivity index (χ1v) is 9.60. The molecular weight excluding hydrogens is 320 g/mol. The van der Waals surface area contributed by atoms with Gasteiger partial charge in [-0.25, -0.2) is 0 Å². The summed E-state index contributed by atoms with van der Waals surface area (Å²) in [6.07, 6.45) is 5.22. The monoisotopic (exact) mass is 348 g/mol. The molecule has 3 atom stereocenters. The Morgan fingerprint density at radius 2 is 1.84 bits per heavy atom. The summed E-state index contributed by atoms with van der Waals surface area (Å²) in [5, 5.41) is 5.96. The number of hydrogen-bond donors (Lipinski definition) is 2. The smallest absolute Gasteiger partial charge is 0.246 e. The van der Waals surface area contributed by atoms with Gasteiger partial charge in [-0.15, -0.1) is 0 Å². The van der Waals surface area contributed by atoms with Crippen LogP contribution in [0.4, 0.5) is 0 Å². The highest BCUT2D eigenvalue weighted by Crippen LogP contribution is 2.32. The van der Waals surface area contributed by atoms with Crippen LogP contribution in [0.15, 0.2) is 0 Å². The van der Waals surface area contributed by atoms with E-state index in [1.165, 1.54) is 19.8 Å². The summed E-state index contributed by atoms with van der Waals surface area (Å²) in [6, 6.07) is -0.300. The average molecular weight is 348 g/mol. The lowest BCUT2D eigenvalue weighted by Gasteiger charge is -2.25. The fourth-order valence-electron chi connectivity index (χ4n) is 4.22. The highest BCUT2D eigenvalue weighted by atomic mass is 16.2. The molecule has 2 saturated heterocycles. The van der Waals surface area contributed by atoms with Crippen molar-refractivity contribution in [2.75, 3.05) is 26.2 Å². The number of carbonyl (C=O) groups excluding carboxylic acids is 3. The number of amides is 3. The van der Waals surface area contributed by atoms with Gasteiger partial charge in [-0.3, -0.25) is 19.3 Å². The molecule has 4 rings (SSSR count). The van der Waals surface area contributed by atoms with Gasteiger partial charge in [0.1, 0.15) is 6.04 Å². The third-order valence-electron chi connectivity index (χ3n) is 5.79. The fraction of sp³-hybridized carbons (Fsp3) is 0.833. The summed E-state index contributed by atoms with van der Waals surface area (Å²) >= 11 is 0. The third-order valence-corrected chi connectivity index (χ3v) is 5.79. The minimum absolute atomic E-state index is 0.0187. The van der Waals surface area contributed by atoms with Crippen molar-refractivity contribution in [1.29, 1.82) is 0 Å². The maximum Gasteiger partial charge on any atom is 0.246 e. The quantitative estimate of drug-likeness (QED) is 0.716. The normalized spacial score (nSPS) is 32.9. The largest absolute Gasteiger partial charge is 0.352 e. The Hall–Kier alpha value is -1.63. The summed E-state index contributed by atoms with van der Waals surface area (Å²) in [5.41, 5.74) is 0. The van der Waals surface area contributed by atoms with Gasteiger partial charge in [-0.2, -0.15) is 0 Å². The molecule has 0 radical (unpaired) electrons. The molecule has 7 nitrogen and oxygen atoms in total. The standard InChI is InChI=1S/C18H28N4O3/c1-11(23)19-14-6-15-9-21(7-12-2-3-12)10-16(18(25)22(15)8-14)20-17(24)13-4-5-13/h12-16H,2-10H2,1H3,(H,19,23)(H,20,24)/t14-,15-,16-/m0/s1. The lowest BCUT2D eigenvalue weighted by atomic mass is 10.1. The average Bonchev–Trinajstić information content (AvgIpc) is 3.43. The molecule has 2 aliphatic carbocycles. The lowest BCUT2D eigenvalue weighted by Crippen LogP contribution is -2.52. The second kappa shape index (κ2) is 6.59. The van der Waals surface area contributed by atoms with Crippen molar-refractivity contribution >= 4 is 17.7 Å². The number of fused-ring (bicyclic) bond motifs is 1. The maximum absolute atomic E-state index is 13.1. The van der Waals surface area contributed by atoms with E-state index >= 15 is 0 Å². The van der Waals surface area contributed by atoms with Gasteiger partial charge in [0.05, 0.1) is 0 Å². The van der Waals surface area contributed by atoms with E-state index < -0.39 is 6.04 Å². The molecule has 2 N–H and O–H groups in total. The molecule has 25 heavy (non-hydrogen) atoms. The van der Waals surface area contributed by atoms with Crippen LogP contribution in [0, 0.1) is 11.8 Å². The van der Waals surface area contributed by atoms with Crippen LogP contribution in [0.1, 0.15) is 39.0 Å². The summed E-state index contributed by atoms with van der Waals surface area (Å²) in [5.74, 6) is 0.845. The van der Waals surface area contributed by atoms with Crippen LogP contribution in [0.2, 0.25) is 0 Å². The van der Waals surface area contributed by atoms with Crippen molar-refractivity contribution in [3.05, 3.63) is 0 Å². The van der Waals surface area contributed by atoms with Crippen LogP contribution in [0.5, 0.6) is 0 Å². The molecule has 0 spiro atoms. The van der Waals surface area contributed by atoms with Gasteiger partial charge in [0, 0.05) is 51.1 Å². The Morgan fingerprint density at radius 1 is 1.08 bits per heavy atom. The molecule has 0 bridgehead atoms.